The number of thiophene rings is 1. The fourth-order valence-corrected chi connectivity index (χ4v) is 5.76. The van der Waals surface area contributed by atoms with E-state index in [0.29, 0.717) is 23.3 Å². The first kappa shape index (κ1) is 14.5. The summed E-state index contributed by atoms with van der Waals surface area (Å²) in [4.78, 5) is 1.16. The van der Waals surface area contributed by atoms with Crippen molar-refractivity contribution >= 4 is 21.4 Å². The molecule has 2 fully saturated rings. The molecule has 2 heterocycles. The molecule has 0 radical (unpaired) electrons. The monoisotopic (exact) mass is 314 g/mol. The fourth-order valence-electron chi connectivity index (χ4n) is 2.55. The van der Waals surface area contributed by atoms with E-state index in [1.807, 2.05) is 13.0 Å². The Hall–Kier alpha value is -0.430. The van der Waals surface area contributed by atoms with Crippen molar-refractivity contribution in [2.75, 3.05) is 13.1 Å². The summed E-state index contributed by atoms with van der Waals surface area (Å²) in [6, 6.07) is 2.50. The quantitative estimate of drug-likeness (QED) is 0.908. The molecule has 1 saturated heterocycles. The maximum absolute atomic E-state index is 12.6. The molecule has 0 unspecified atom stereocenters. The highest BCUT2D eigenvalue weighted by Gasteiger charge is 2.28. The van der Waals surface area contributed by atoms with E-state index in [0.717, 1.165) is 36.2 Å². The second kappa shape index (κ2) is 5.75. The number of aryl methyl sites for hydroxylation is 1. The molecule has 1 saturated carbocycles. The number of sulfonamides is 1. The van der Waals surface area contributed by atoms with E-state index in [9.17, 15) is 8.42 Å². The minimum absolute atomic E-state index is 0.518. The lowest BCUT2D eigenvalue weighted by molar-refractivity contribution is 0.347. The molecule has 20 heavy (non-hydrogen) atoms. The van der Waals surface area contributed by atoms with E-state index in [-0.39, 0.29) is 0 Å². The van der Waals surface area contributed by atoms with Crippen molar-refractivity contribution in [1.29, 1.82) is 0 Å². The van der Waals surface area contributed by atoms with Crippen LogP contribution in [0.4, 0.5) is 0 Å². The number of rotatable bonds is 5. The molecule has 0 aromatic carbocycles. The number of hydrogen-bond acceptors (Lipinski definition) is 4. The lowest BCUT2D eigenvalue weighted by Crippen LogP contribution is -2.35. The Morgan fingerprint density at radius 2 is 2.00 bits per heavy atom. The summed E-state index contributed by atoms with van der Waals surface area (Å²) in [6.07, 6.45) is 5.62. The highest BCUT2D eigenvalue weighted by Crippen LogP contribution is 2.30. The molecular weight excluding hydrogens is 292 g/mol. The van der Waals surface area contributed by atoms with Crippen molar-refractivity contribution in [2.24, 2.45) is 0 Å². The Bertz CT molecular complexity index is 570. The molecule has 2 aliphatic rings. The molecule has 1 N–H and O–H groups in total. The Morgan fingerprint density at radius 1 is 1.30 bits per heavy atom. The van der Waals surface area contributed by atoms with Gasteiger partial charge >= 0.3 is 0 Å². The van der Waals surface area contributed by atoms with Gasteiger partial charge in [-0.25, -0.2) is 8.42 Å². The number of piperidine rings is 1. The Labute approximate surface area is 125 Å². The van der Waals surface area contributed by atoms with Gasteiger partial charge in [-0.1, -0.05) is 6.42 Å². The Balaban J connectivity index is 1.76. The van der Waals surface area contributed by atoms with E-state index >= 15 is 0 Å². The van der Waals surface area contributed by atoms with Gasteiger partial charge in [0.1, 0.15) is 4.21 Å². The summed E-state index contributed by atoms with van der Waals surface area (Å²) in [5.41, 5.74) is 1.10. The first-order chi connectivity index (χ1) is 9.57. The van der Waals surface area contributed by atoms with Crippen LogP contribution in [0.15, 0.2) is 10.3 Å². The van der Waals surface area contributed by atoms with Crippen LogP contribution in [0, 0.1) is 6.92 Å². The zero-order chi connectivity index (χ0) is 14.2. The van der Waals surface area contributed by atoms with Gasteiger partial charge in [-0.15, -0.1) is 11.3 Å². The van der Waals surface area contributed by atoms with Crippen LogP contribution in [0.2, 0.25) is 0 Å². The molecule has 1 aromatic rings. The molecule has 112 valence electrons. The van der Waals surface area contributed by atoms with Crippen molar-refractivity contribution in [3.8, 4) is 0 Å². The highest BCUT2D eigenvalue weighted by atomic mass is 32.2. The molecule has 1 aliphatic heterocycles. The van der Waals surface area contributed by atoms with Gasteiger partial charge in [0.15, 0.2) is 0 Å². The standard InChI is InChI=1S/C14H22N2O2S2/c1-11-9-14(19-13(11)10-15-12-5-6-12)20(17,18)16-7-3-2-4-8-16/h9,12,15H,2-8,10H2,1H3. The third kappa shape index (κ3) is 3.08. The summed E-state index contributed by atoms with van der Waals surface area (Å²) in [6.45, 7) is 4.16. The zero-order valence-corrected chi connectivity index (χ0v) is 13.5. The molecule has 6 heteroatoms. The van der Waals surface area contributed by atoms with Crippen LogP contribution in [0.5, 0.6) is 0 Å². The normalized spacial score (nSPS) is 21.2. The number of nitrogens with one attached hydrogen (secondary N) is 1. The molecule has 3 rings (SSSR count). The van der Waals surface area contributed by atoms with Crippen LogP contribution in [-0.4, -0.2) is 31.9 Å². The lowest BCUT2D eigenvalue weighted by atomic mass is 10.2. The van der Waals surface area contributed by atoms with E-state index in [4.69, 9.17) is 0 Å². The van der Waals surface area contributed by atoms with E-state index in [1.54, 1.807) is 4.31 Å². The van der Waals surface area contributed by atoms with Crippen molar-refractivity contribution in [1.82, 2.24) is 9.62 Å². The molecule has 1 aliphatic carbocycles. The third-order valence-corrected chi connectivity index (χ3v) is 7.62. The molecule has 0 spiro atoms. The maximum Gasteiger partial charge on any atom is 0.252 e. The first-order valence-electron chi connectivity index (χ1n) is 7.40. The van der Waals surface area contributed by atoms with Crippen molar-refractivity contribution in [3.63, 3.8) is 0 Å². The largest absolute Gasteiger partial charge is 0.309 e. The first-order valence-corrected chi connectivity index (χ1v) is 9.66. The molecule has 4 nitrogen and oxygen atoms in total. The molecule has 0 amide bonds. The zero-order valence-electron chi connectivity index (χ0n) is 11.9. The molecular formula is C14H22N2O2S2. The van der Waals surface area contributed by atoms with Crippen LogP contribution < -0.4 is 5.32 Å². The number of hydrogen-bond donors (Lipinski definition) is 1. The van der Waals surface area contributed by atoms with Gasteiger partial charge in [-0.05, 0) is 44.2 Å². The number of nitrogens with zero attached hydrogens (tertiary/aromatic N) is 1. The summed E-state index contributed by atoms with van der Waals surface area (Å²) in [7, 11) is -3.26. The Morgan fingerprint density at radius 3 is 2.65 bits per heavy atom. The average Bonchev–Trinajstić information content (AvgIpc) is 3.20. The average molecular weight is 314 g/mol. The molecule has 1 aromatic heterocycles. The van der Waals surface area contributed by atoms with Crippen molar-refractivity contribution in [3.05, 3.63) is 16.5 Å². The van der Waals surface area contributed by atoms with Crippen molar-refractivity contribution < 1.29 is 8.42 Å². The smallest absolute Gasteiger partial charge is 0.252 e. The van der Waals surface area contributed by atoms with E-state index in [1.165, 1.54) is 24.2 Å². The van der Waals surface area contributed by atoms with Crippen LogP contribution >= 0.6 is 11.3 Å². The van der Waals surface area contributed by atoms with Crippen molar-refractivity contribution in [2.45, 2.75) is 55.8 Å². The molecule has 0 atom stereocenters. The SMILES string of the molecule is Cc1cc(S(=O)(=O)N2CCCCC2)sc1CNC1CC1. The van der Waals surface area contributed by atoms with Crippen LogP contribution in [0.3, 0.4) is 0 Å². The van der Waals surface area contributed by atoms with Gasteiger partial charge in [0.05, 0.1) is 0 Å². The molecule has 0 bridgehead atoms. The van der Waals surface area contributed by atoms with Gasteiger partial charge in [0.25, 0.3) is 10.0 Å². The highest BCUT2D eigenvalue weighted by molar-refractivity contribution is 7.91. The fraction of sp³-hybridized carbons (Fsp3) is 0.714. The second-order valence-electron chi connectivity index (χ2n) is 5.79. The maximum atomic E-state index is 12.6. The van der Waals surface area contributed by atoms with Crippen LogP contribution in [-0.2, 0) is 16.6 Å². The van der Waals surface area contributed by atoms with Gasteiger partial charge in [0.2, 0.25) is 0 Å². The minimum atomic E-state index is -3.26. The van der Waals surface area contributed by atoms with Crippen LogP contribution in [0.25, 0.3) is 0 Å². The van der Waals surface area contributed by atoms with Gasteiger partial charge < -0.3 is 5.32 Å². The summed E-state index contributed by atoms with van der Waals surface area (Å²) >= 11 is 1.44. The summed E-state index contributed by atoms with van der Waals surface area (Å²) in [5.74, 6) is 0. The second-order valence-corrected chi connectivity index (χ2v) is 9.09. The lowest BCUT2D eigenvalue weighted by Gasteiger charge is -2.25. The van der Waals surface area contributed by atoms with Gasteiger partial charge in [0, 0.05) is 30.6 Å². The van der Waals surface area contributed by atoms with E-state index < -0.39 is 10.0 Å². The summed E-state index contributed by atoms with van der Waals surface area (Å²) < 4.78 is 27.4. The Kier molecular flexibility index (Phi) is 4.17. The van der Waals surface area contributed by atoms with E-state index in [2.05, 4.69) is 5.32 Å². The minimum Gasteiger partial charge on any atom is -0.309 e. The third-order valence-electron chi connectivity index (χ3n) is 4.04. The predicted molar refractivity (Wildman–Crippen MR) is 81.5 cm³/mol. The predicted octanol–water partition coefficient (Wildman–Crippen LogP) is 2.48. The summed E-state index contributed by atoms with van der Waals surface area (Å²) in [5, 5.41) is 3.46. The van der Waals surface area contributed by atoms with Gasteiger partial charge in [-0.2, -0.15) is 4.31 Å². The van der Waals surface area contributed by atoms with Crippen LogP contribution in [0.1, 0.15) is 42.5 Å². The topological polar surface area (TPSA) is 49.4 Å². The van der Waals surface area contributed by atoms with Gasteiger partial charge in [-0.3, -0.25) is 0 Å².